The first-order valence-electron chi connectivity index (χ1n) is 13.2. The highest BCUT2D eigenvalue weighted by Gasteiger charge is 2.11. The van der Waals surface area contributed by atoms with Crippen LogP contribution >= 0.6 is 15.9 Å². The molecule has 1 heterocycles. The zero-order valence-corrected chi connectivity index (χ0v) is 23.3. The second kappa shape index (κ2) is 13.4. The van der Waals surface area contributed by atoms with Crippen molar-refractivity contribution < 1.29 is 9.53 Å². The monoisotopic (exact) mass is 561 g/mol. The number of amides is 1. The fraction of sp³-hybridized carbons (Fsp3) is 0.355. The number of benzene rings is 3. The third-order valence-corrected chi connectivity index (χ3v) is 7.06. The number of aryl methyl sites for hydroxylation is 2. The average Bonchev–Trinajstić information content (AvgIpc) is 3.26. The molecule has 0 saturated heterocycles. The van der Waals surface area contributed by atoms with Gasteiger partial charge in [0.15, 0.2) is 0 Å². The third-order valence-electron chi connectivity index (χ3n) is 6.53. The van der Waals surface area contributed by atoms with E-state index in [4.69, 9.17) is 9.72 Å². The number of halogens is 1. The van der Waals surface area contributed by atoms with Crippen molar-refractivity contribution in [2.75, 3.05) is 13.2 Å². The zero-order chi connectivity index (χ0) is 26.0. The summed E-state index contributed by atoms with van der Waals surface area (Å²) in [5.41, 5.74) is 4.17. The van der Waals surface area contributed by atoms with Crippen molar-refractivity contribution in [2.24, 2.45) is 0 Å². The van der Waals surface area contributed by atoms with E-state index in [2.05, 4.69) is 76.1 Å². The van der Waals surface area contributed by atoms with Crippen LogP contribution in [0.4, 0.5) is 0 Å². The molecule has 0 fully saturated rings. The molecule has 0 aliphatic rings. The lowest BCUT2D eigenvalue weighted by Gasteiger charge is -2.14. The molecule has 0 spiro atoms. The standard InChI is InChI=1S/C31H36BrN3O2/c1-23(2)26-11-5-8-14-29(26)37-22-10-21-35-28-13-7-6-12-27(28)34-30(35)15-4-3-9-20-33-31(36)24-16-18-25(32)19-17-24/h5-8,11-14,16-19,23H,3-4,9-10,15,20-22H2,1-2H3,(H,33,36). The number of ether oxygens (including phenoxy) is 1. The summed E-state index contributed by atoms with van der Waals surface area (Å²) in [6.07, 6.45) is 4.87. The fourth-order valence-corrected chi connectivity index (χ4v) is 4.81. The van der Waals surface area contributed by atoms with Crippen LogP contribution in [-0.4, -0.2) is 28.6 Å². The van der Waals surface area contributed by atoms with Gasteiger partial charge in [-0.15, -0.1) is 0 Å². The largest absolute Gasteiger partial charge is 0.493 e. The summed E-state index contributed by atoms with van der Waals surface area (Å²) >= 11 is 3.40. The number of carbonyl (C=O) groups excluding carboxylic acids is 1. The molecule has 0 atom stereocenters. The van der Waals surface area contributed by atoms with Crippen molar-refractivity contribution in [1.82, 2.24) is 14.9 Å². The van der Waals surface area contributed by atoms with Crippen molar-refractivity contribution in [3.05, 3.63) is 94.2 Å². The lowest BCUT2D eigenvalue weighted by Crippen LogP contribution is -2.24. The van der Waals surface area contributed by atoms with Crippen LogP contribution < -0.4 is 10.1 Å². The fourth-order valence-electron chi connectivity index (χ4n) is 4.55. The zero-order valence-electron chi connectivity index (χ0n) is 21.8. The summed E-state index contributed by atoms with van der Waals surface area (Å²) in [7, 11) is 0. The summed E-state index contributed by atoms with van der Waals surface area (Å²) in [6.45, 7) is 6.63. The van der Waals surface area contributed by atoms with Crippen LogP contribution in [0, 0.1) is 0 Å². The SMILES string of the molecule is CC(C)c1ccccc1OCCCn1c(CCCCCNC(=O)c2ccc(Br)cc2)nc2ccccc21. The van der Waals surface area contributed by atoms with E-state index >= 15 is 0 Å². The van der Waals surface area contributed by atoms with Gasteiger partial charge in [-0.1, -0.05) is 66.5 Å². The smallest absolute Gasteiger partial charge is 0.251 e. The Hall–Kier alpha value is -3.12. The van der Waals surface area contributed by atoms with Gasteiger partial charge in [-0.25, -0.2) is 4.98 Å². The Morgan fingerprint density at radius 3 is 2.51 bits per heavy atom. The molecule has 0 saturated carbocycles. The van der Waals surface area contributed by atoms with E-state index in [0.29, 0.717) is 24.6 Å². The molecule has 0 unspecified atom stereocenters. The van der Waals surface area contributed by atoms with Crippen molar-refractivity contribution >= 4 is 32.9 Å². The Balaban J connectivity index is 1.26. The summed E-state index contributed by atoms with van der Waals surface area (Å²) in [6, 6.07) is 24.1. The molecule has 194 valence electrons. The van der Waals surface area contributed by atoms with E-state index in [0.717, 1.165) is 60.2 Å². The first-order chi connectivity index (χ1) is 18.0. The predicted molar refractivity (Wildman–Crippen MR) is 154 cm³/mol. The van der Waals surface area contributed by atoms with Gasteiger partial charge in [0.25, 0.3) is 5.91 Å². The second-order valence-electron chi connectivity index (χ2n) is 9.64. The van der Waals surface area contributed by atoms with Gasteiger partial charge >= 0.3 is 0 Å². The minimum absolute atomic E-state index is 0.0208. The first kappa shape index (κ1) is 26.9. The molecule has 6 heteroatoms. The molecule has 1 aromatic heterocycles. The van der Waals surface area contributed by atoms with Gasteiger partial charge in [-0.2, -0.15) is 0 Å². The third kappa shape index (κ3) is 7.45. The number of imidazole rings is 1. The molecule has 1 amide bonds. The van der Waals surface area contributed by atoms with Crippen LogP contribution in [0.25, 0.3) is 11.0 Å². The number of nitrogens with one attached hydrogen (secondary N) is 1. The number of carbonyl (C=O) groups is 1. The number of rotatable bonds is 13. The van der Waals surface area contributed by atoms with E-state index in [1.165, 1.54) is 11.1 Å². The van der Waals surface area contributed by atoms with Crippen LogP contribution in [-0.2, 0) is 13.0 Å². The number of unbranched alkanes of at least 4 members (excludes halogenated alkanes) is 2. The Bertz CT molecular complexity index is 1300. The lowest BCUT2D eigenvalue weighted by molar-refractivity contribution is 0.0953. The van der Waals surface area contributed by atoms with E-state index in [1.807, 2.05) is 36.4 Å². The first-order valence-corrected chi connectivity index (χ1v) is 14.0. The quantitative estimate of drug-likeness (QED) is 0.171. The van der Waals surface area contributed by atoms with Crippen LogP contribution in [0.5, 0.6) is 5.75 Å². The highest BCUT2D eigenvalue weighted by molar-refractivity contribution is 9.10. The number of para-hydroxylation sites is 3. The van der Waals surface area contributed by atoms with Crippen LogP contribution in [0.15, 0.2) is 77.3 Å². The van der Waals surface area contributed by atoms with E-state index in [1.54, 1.807) is 0 Å². The Kier molecular flexibility index (Phi) is 9.78. The molecular weight excluding hydrogens is 526 g/mol. The van der Waals surface area contributed by atoms with Crippen molar-refractivity contribution in [3.63, 3.8) is 0 Å². The number of hydrogen-bond acceptors (Lipinski definition) is 3. The molecule has 4 rings (SSSR count). The molecule has 0 bridgehead atoms. The molecule has 0 radical (unpaired) electrons. The normalized spacial score (nSPS) is 11.2. The van der Waals surface area contributed by atoms with Gasteiger partial charge < -0.3 is 14.6 Å². The van der Waals surface area contributed by atoms with Crippen LogP contribution in [0.1, 0.15) is 67.2 Å². The van der Waals surface area contributed by atoms with Gasteiger partial charge in [0, 0.05) is 29.5 Å². The molecule has 5 nitrogen and oxygen atoms in total. The second-order valence-corrected chi connectivity index (χ2v) is 10.6. The average molecular weight is 563 g/mol. The number of fused-ring (bicyclic) bond motifs is 1. The Labute approximate surface area is 228 Å². The van der Waals surface area contributed by atoms with Crippen LogP contribution in [0.3, 0.4) is 0 Å². The number of aromatic nitrogens is 2. The Morgan fingerprint density at radius 2 is 1.70 bits per heavy atom. The van der Waals surface area contributed by atoms with E-state index in [-0.39, 0.29) is 5.91 Å². The van der Waals surface area contributed by atoms with Crippen molar-refractivity contribution in [1.29, 1.82) is 0 Å². The molecule has 3 aromatic carbocycles. The Morgan fingerprint density at radius 1 is 0.946 bits per heavy atom. The maximum absolute atomic E-state index is 12.3. The van der Waals surface area contributed by atoms with E-state index in [9.17, 15) is 4.79 Å². The number of nitrogens with zero attached hydrogens (tertiary/aromatic N) is 2. The minimum atomic E-state index is -0.0208. The summed E-state index contributed by atoms with van der Waals surface area (Å²) in [5.74, 6) is 2.53. The summed E-state index contributed by atoms with van der Waals surface area (Å²) in [4.78, 5) is 17.2. The molecule has 0 aliphatic carbocycles. The van der Waals surface area contributed by atoms with Gasteiger partial charge in [-0.05, 0) is 73.2 Å². The molecule has 0 aliphatic heterocycles. The maximum atomic E-state index is 12.3. The van der Waals surface area contributed by atoms with Gasteiger partial charge in [0.1, 0.15) is 11.6 Å². The molecular formula is C31H36BrN3O2. The maximum Gasteiger partial charge on any atom is 0.251 e. The van der Waals surface area contributed by atoms with Crippen molar-refractivity contribution in [2.45, 2.75) is 58.4 Å². The highest BCUT2D eigenvalue weighted by atomic mass is 79.9. The predicted octanol–water partition coefficient (Wildman–Crippen LogP) is 7.53. The molecule has 37 heavy (non-hydrogen) atoms. The van der Waals surface area contributed by atoms with Crippen molar-refractivity contribution in [3.8, 4) is 5.75 Å². The topological polar surface area (TPSA) is 56.1 Å². The van der Waals surface area contributed by atoms with Gasteiger partial charge in [0.2, 0.25) is 0 Å². The molecule has 4 aromatic rings. The molecule has 1 N–H and O–H groups in total. The number of hydrogen-bond donors (Lipinski definition) is 1. The summed E-state index contributed by atoms with van der Waals surface area (Å²) < 4.78 is 9.48. The lowest BCUT2D eigenvalue weighted by atomic mass is 10.0. The van der Waals surface area contributed by atoms with Crippen LogP contribution in [0.2, 0.25) is 0 Å². The highest BCUT2D eigenvalue weighted by Crippen LogP contribution is 2.26. The van der Waals surface area contributed by atoms with Gasteiger partial charge in [0.05, 0.1) is 17.6 Å². The summed E-state index contributed by atoms with van der Waals surface area (Å²) in [5, 5.41) is 3.02. The minimum Gasteiger partial charge on any atom is -0.493 e. The van der Waals surface area contributed by atoms with Gasteiger partial charge in [-0.3, -0.25) is 4.79 Å². The van der Waals surface area contributed by atoms with E-state index < -0.39 is 0 Å².